The van der Waals surface area contributed by atoms with Crippen molar-refractivity contribution in [2.24, 2.45) is 0 Å². The number of benzene rings is 1. The van der Waals surface area contributed by atoms with Gasteiger partial charge in [-0.2, -0.15) is 11.8 Å². The van der Waals surface area contributed by atoms with Crippen LogP contribution in [0.1, 0.15) is 18.4 Å². The van der Waals surface area contributed by atoms with Crippen molar-refractivity contribution in [3.63, 3.8) is 0 Å². The lowest BCUT2D eigenvalue weighted by Gasteiger charge is -2.11. The van der Waals surface area contributed by atoms with Gasteiger partial charge in [-0.3, -0.25) is 0 Å². The Bertz CT molecular complexity index is 279. The third-order valence-corrected chi connectivity index (χ3v) is 3.08. The van der Waals surface area contributed by atoms with Crippen molar-refractivity contribution < 1.29 is 0 Å². The zero-order valence-electron chi connectivity index (χ0n) is 9.55. The Morgan fingerprint density at radius 3 is 2.80 bits per heavy atom. The van der Waals surface area contributed by atoms with Gasteiger partial charge in [0.25, 0.3) is 0 Å². The number of anilines is 2. The Morgan fingerprint density at radius 1 is 1.33 bits per heavy atom. The summed E-state index contributed by atoms with van der Waals surface area (Å²) in [6.07, 6.45) is 4.61. The van der Waals surface area contributed by atoms with Gasteiger partial charge in [-0.1, -0.05) is 12.1 Å². The maximum absolute atomic E-state index is 5.90. The van der Waals surface area contributed by atoms with Crippen molar-refractivity contribution in [3.05, 3.63) is 23.8 Å². The number of unbranched alkanes of at least 4 members (excludes halogenated alkanes) is 1. The molecular weight excluding hydrogens is 204 g/mol. The van der Waals surface area contributed by atoms with Gasteiger partial charge in [0.05, 0.1) is 11.4 Å². The van der Waals surface area contributed by atoms with Crippen molar-refractivity contribution in [2.75, 3.05) is 29.6 Å². The monoisotopic (exact) mass is 224 g/mol. The molecule has 0 fully saturated rings. The number of nitrogens with two attached hydrogens (primary N) is 1. The van der Waals surface area contributed by atoms with Crippen LogP contribution in [-0.4, -0.2) is 18.6 Å². The van der Waals surface area contributed by atoms with Gasteiger partial charge in [0.15, 0.2) is 0 Å². The average molecular weight is 224 g/mol. The Hall–Kier alpha value is -0.830. The number of rotatable bonds is 6. The number of hydrogen-bond donors (Lipinski definition) is 2. The second kappa shape index (κ2) is 6.62. The van der Waals surface area contributed by atoms with E-state index in [2.05, 4.69) is 24.6 Å². The minimum Gasteiger partial charge on any atom is -0.397 e. The van der Waals surface area contributed by atoms with E-state index in [-0.39, 0.29) is 0 Å². The molecule has 84 valence electrons. The zero-order chi connectivity index (χ0) is 11.1. The van der Waals surface area contributed by atoms with Gasteiger partial charge >= 0.3 is 0 Å². The highest BCUT2D eigenvalue weighted by Gasteiger charge is 2.00. The summed E-state index contributed by atoms with van der Waals surface area (Å²) in [5.74, 6) is 1.24. The van der Waals surface area contributed by atoms with Crippen molar-refractivity contribution in [1.29, 1.82) is 0 Å². The molecular formula is C12H20N2S. The standard InChI is InChI=1S/C12H20N2S/c1-10-6-5-7-11(13)12(10)14-8-3-4-9-15-2/h5-7,14H,3-4,8-9,13H2,1-2H3. The lowest BCUT2D eigenvalue weighted by atomic mass is 10.1. The first-order valence-electron chi connectivity index (χ1n) is 5.33. The van der Waals surface area contributed by atoms with E-state index in [0.717, 1.165) is 17.9 Å². The number of nitrogen functional groups attached to an aromatic ring is 1. The van der Waals surface area contributed by atoms with E-state index in [1.54, 1.807) is 0 Å². The van der Waals surface area contributed by atoms with Crippen molar-refractivity contribution in [1.82, 2.24) is 0 Å². The number of aryl methyl sites for hydroxylation is 1. The first-order chi connectivity index (χ1) is 7.25. The first kappa shape index (κ1) is 12.2. The third kappa shape index (κ3) is 4.04. The molecule has 0 aromatic heterocycles. The maximum atomic E-state index is 5.90. The summed E-state index contributed by atoms with van der Waals surface area (Å²) in [6.45, 7) is 3.09. The van der Waals surface area contributed by atoms with Crippen LogP contribution in [0.15, 0.2) is 18.2 Å². The number of nitrogens with one attached hydrogen (secondary N) is 1. The van der Waals surface area contributed by atoms with Gasteiger partial charge in [-0.25, -0.2) is 0 Å². The normalized spacial score (nSPS) is 10.3. The summed E-state index contributed by atoms with van der Waals surface area (Å²) in [6, 6.07) is 6.02. The molecule has 0 amide bonds. The van der Waals surface area contributed by atoms with Crippen LogP contribution in [0, 0.1) is 6.92 Å². The minimum atomic E-state index is 0.847. The Labute approximate surface area is 96.6 Å². The van der Waals surface area contributed by atoms with Gasteiger partial charge in [0.2, 0.25) is 0 Å². The summed E-state index contributed by atoms with van der Waals surface area (Å²) >= 11 is 1.90. The van der Waals surface area contributed by atoms with Crippen LogP contribution >= 0.6 is 11.8 Å². The molecule has 0 radical (unpaired) electrons. The van der Waals surface area contributed by atoms with E-state index >= 15 is 0 Å². The second-order valence-electron chi connectivity index (χ2n) is 3.67. The molecule has 1 rings (SSSR count). The van der Waals surface area contributed by atoms with E-state index < -0.39 is 0 Å². The molecule has 0 aliphatic carbocycles. The Morgan fingerprint density at radius 2 is 2.13 bits per heavy atom. The first-order valence-corrected chi connectivity index (χ1v) is 6.73. The largest absolute Gasteiger partial charge is 0.397 e. The molecule has 3 heteroatoms. The van der Waals surface area contributed by atoms with Gasteiger partial charge in [-0.15, -0.1) is 0 Å². The van der Waals surface area contributed by atoms with E-state index in [1.165, 1.54) is 24.2 Å². The predicted molar refractivity (Wildman–Crippen MR) is 71.7 cm³/mol. The highest BCUT2D eigenvalue weighted by Crippen LogP contribution is 2.22. The quantitative estimate of drug-likeness (QED) is 0.576. The topological polar surface area (TPSA) is 38.0 Å². The number of hydrogen-bond acceptors (Lipinski definition) is 3. The van der Waals surface area contributed by atoms with Crippen LogP contribution in [0.4, 0.5) is 11.4 Å². The lowest BCUT2D eigenvalue weighted by Crippen LogP contribution is -2.06. The molecule has 1 aromatic rings. The summed E-state index contributed by atoms with van der Waals surface area (Å²) < 4.78 is 0. The summed E-state index contributed by atoms with van der Waals surface area (Å²) in [7, 11) is 0. The Balaban J connectivity index is 2.37. The average Bonchev–Trinajstić information content (AvgIpc) is 2.21. The van der Waals surface area contributed by atoms with E-state index in [9.17, 15) is 0 Å². The summed E-state index contributed by atoms with van der Waals surface area (Å²) in [5.41, 5.74) is 9.06. The van der Waals surface area contributed by atoms with Gasteiger partial charge in [0.1, 0.15) is 0 Å². The SMILES string of the molecule is CSCCCCNc1c(C)cccc1N. The molecule has 0 bridgehead atoms. The third-order valence-electron chi connectivity index (χ3n) is 2.38. The van der Waals surface area contributed by atoms with E-state index in [0.29, 0.717) is 0 Å². The molecule has 0 unspecified atom stereocenters. The smallest absolute Gasteiger partial charge is 0.0603 e. The van der Waals surface area contributed by atoms with Crippen LogP contribution < -0.4 is 11.1 Å². The summed E-state index contributed by atoms with van der Waals surface area (Å²) in [5, 5.41) is 3.41. The zero-order valence-corrected chi connectivity index (χ0v) is 10.4. The molecule has 0 aliphatic heterocycles. The molecule has 0 saturated carbocycles. The van der Waals surface area contributed by atoms with Crippen LogP contribution in [0.2, 0.25) is 0 Å². The van der Waals surface area contributed by atoms with Crippen molar-refractivity contribution in [3.8, 4) is 0 Å². The molecule has 0 atom stereocenters. The molecule has 0 aliphatic rings. The fourth-order valence-corrected chi connectivity index (χ4v) is 2.01. The molecule has 2 nitrogen and oxygen atoms in total. The van der Waals surface area contributed by atoms with Gasteiger partial charge < -0.3 is 11.1 Å². The Kier molecular flexibility index (Phi) is 5.40. The molecule has 3 N–H and O–H groups in total. The van der Waals surface area contributed by atoms with Crippen LogP contribution in [0.3, 0.4) is 0 Å². The van der Waals surface area contributed by atoms with Gasteiger partial charge in [0, 0.05) is 6.54 Å². The molecule has 0 heterocycles. The number of thioether (sulfide) groups is 1. The van der Waals surface area contributed by atoms with E-state index in [4.69, 9.17) is 5.73 Å². The molecule has 15 heavy (non-hydrogen) atoms. The maximum Gasteiger partial charge on any atom is 0.0603 e. The number of para-hydroxylation sites is 1. The predicted octanol–water partition coefficient (Wildman–Crippen LogP) is 3.13. The molecule has 0 saturated heterocycles. The molecule has 1 aromatic carbocycles. The van der Waals surface area contributed by atoms with Gasteiger partial charge in [-0.05, 0) is 43.4 Å². The van der Waals surface area contributed by atoms with Crippen molar-refractivity contribution >= 4 is 23.1 Å². The minimum absolute atomic E-state index is 0.847. The fraction of sp³-hybridized carbons (Fsp3) is 0.500. The lowest BCUT2D eigenvalue weighted by molar-refractivity contribution is 0.843. The highest BCUT2D eigenvalue weighted by molar-refractivity contribution is 7.98. The van der Waals surface area contributed by atoms with E-state index in [1.807, 2.05) is 23.9 Å². The highest BCUT2D eigenvalue weighted by atomic mass is 32.2. The van der Waals surface area contributed by atoms with Crippen LogP contribution in [0.5, 0.6) is 0 Å². The van der Waals surface area contributed by atoms with Crippen LogP contribution in [0.25, 0.3) is 0 Å². The molecule has 0 spiro atoms. The van der Waals surface area contributed by atoms with Crippen LogP contribution in [-0.2, 0) is 0 Å². The second-order valence-corrected chi connectivity index (χ2v) is 4.65. The fourth-order valence-electron chi connectivity index (χ4n) is 1.52. The summed E-state index contributed by atoms with van der Waals surface area (Å²) in [4.78, 5) is 0. The van der Waals surface area contributed by atoms with Crippen molar-refractivity contribution in [2.45, 2.75) is 19.8 Å².